The van der Waals surface area contributed by atoms with Crippen LogP contribution in [0.2, 0.25) is 5.02 Å². The summed E-state index contributed by atoms with van der Waals surface area (Å²) in [5, 5.41) is 4.34. The van der Waals surface area contributed by atoms with Gasteiger partial charge in [0.25, 0.3) is 0 Å². The standard InChI is InChI=1S/C16H19ClN2/c1-3-8-19-16(13-5-4-6-14(17)10-13)15-11-18-9-7-12(15)2/h4-7,9-11,16,19H,3,8H2,1-2H3. The van der Waals surface area contributed by atoms with Gasteiger partial charge in [0.2, 0.25) is 0 Å². The molecule has 1 aromatic heterocycles. The summed E-state index contributed by atoms with van der Waals surface area (Å²) in [6.07, 6.45) is 4.85. The minimum absolute atomic E-state index is 0.146. The van der Waals surface area contributed by atoms with E-state index in [9.17, 15) is 0 Å². The number of nitrogens with zero attached hydrogens (tertiary/aromatic N) is 1. The molecule has 0 spiro atoms. The second kappa shape index (κ2) is 6.69. The average molecular weight is 275 g/mol. The van der Waals surface area contributed by atoms with Gasteiger partial charge in [-0.1, -0.05) is 30.7 Å². The van der Waals surface area contributed by atoms with Crippen molar-refractivity contribution in [1.82, 2.24) is 10.3 Å². The van der Waals surface area contributed by atoms with E-state index in [-0.39, 0.29) is 6.04 Å². The summed E-state index contributed by atoms with van der Waals surface area (Å²) in [7, 11) is 0. The largest absolute Gasteiger partial charge is 0.306 e. The molecule has 0 saturated carbocycles. The van der Waals surface area contributed by atoms with E-state index in [1.54, 1.807) is 0 Å². The van der Waals surface area contributed by atoms with Crippen molar-refractivity contribution in [3.8, 4) is 0 Å². The fraction of sp³-hybridized carbons (Fsp3) is 0.312. The van der Waals surface area contributed by atoms with Gasteiger partial charge in [-0.05, 0) is 54.8 Å². The highest BCUT2D eigenvalue weighted by atomic mass is 35.5. The second-order valence-electron chi connectivity index (χ2n) is 4.67. The Labute approximate surface area is 119 Å². The first-order valence-electron chi connectivity index (χ1n) is 6.61. The first kappa shape index (κ1) is 14.0. The van der Waals surface area contributed by atoms with Crippen LogP contribution in [0, 0.1) is 6.92 Å². The molecule has 0 bridgehead atoms. The average Bonchev–Trinajstić information content (AvgIpc) is 2.41. The first-order valence-corrected chi connectivity index (χ1v) is 6.99. The summed E-state index contributed by atoms with van der Waals surface area (Å²) in [6, 6.07) is 10.2. The van der Waals surface area contributed by atoms with Crippen LogP contribution in [-0.4, -0.2) is 11.5 Å². The number of rotatable bonds is 5. The highest BCUT2D eigenvalue weighted by molar-refractivity contribution is 6.30. The lowest BCUT2D eigenvalue weighted by atomic mass is 9.96. The molecule has 1 aromatic carbocycles. The molecule has 2 aromatic rings. The number of aromatic nitrogens is 1. The molecule has 2 rings (SSSR count). The highest BCUT2D eigenvalue weighted by Crippen LogP contribution is 2.26. The van der Waals surface area contributed by atoms with E-state index >= 15 is 0 Å². The fourth-order valence-electron chi connectivity index (χ4n) is 2.16. The molecule has 100 valence electrons. The lowest BCUT2D eigenvalue weighted by molar-refractivity contribution is 0.594. The van der Waals surface area contributed by atoms with Crippen LogP contribution >= 0.6 is 11.6 Å². The van der Waals surface area contributed by atoms with E-state index in [4.69, 9.17) is 11.6 Å². The summed E-state index contributed by atoms with van der Waals surface area (Å²) in [5.41, 5.74) is 3.62. The predicted molar refractivity (Wildman–Crippen MR) is 80.6 cm³/mol. The van der Waals surface area contributed by atoms with E-state index in [0.29, 0.717) is 0 Å². The molecule has 1 unspecified atom stereocenters. The van der Waals surface area contributed by atoms with Gasteiger partial charge in [0.1, 0.15) is 0 Å². The van der Waals surface area contributed by atoms with Gasteiger partial charge >= 0.3 is 0 Å². The van der Waals surface area contributed by atoms with Crippen LogP contribution in [0.15, 0.2) is 42.7 Å². The van der Waals surface area contributed by atoms with Crippen LogP contribution in [0.4, 0.5) is 0 Å². The number of halogens is 1. The Bertz CT molecular complexity index is 540. The summed E-state index contributed by atoms with van der Waals surface area (Å²) >= 11 is 6.11. The van der Waals surface area contributed by atoms with Crippen LogP contribution in [0.3, 0.4) is 0 Å². The first-order chi connectivity index (χ1) is 9.22. The fourth-order valence-corrected chi connectivity index (χ4v) is 2.36. The Hall–Kier alpha value is -1.38. The van der Waals surface area contributed by atoms with Crippen LogP contribution in [0.5, 0.6) is 0 Å². The lowest BCUT2D eigenvalue weighted by Gasteiger charge is -2.21. The zero-order valence-electron chi connectivity index (χ0n) is 11.4. The van der Waals surface area contributed by atoms with E-state index in [2.05, 4.69) is 30.2 Å². The van der Waals surface area contributed by atoms with Gasteiger partial charge in [-0.3, -0.25) is 4.98 Å². The summed E-state index contributed by atoms with van der Waals surface area (Å²) in [4.78, 5) is 4.25. The maximum atomic E-state index is 6.11. The maximum absolute atomic E-state index is 6.11. The van der Waals surface area contributed by atoms with Gasteiger partial charge in [0.05, 0.1) is 6.04 Å². The third-order valence-corrected chi connectivity index (χ3v) is 3.41. The van der Waals surface area contributed by atoms with Crippen LogP contribution in [-0.2, 0) is 0 Å². The molecule has 2 nitrogen and oxygen atoms in total. The van der Waals surface area contributed by atoms with E-state index in [1.807, 2.05) is 36.7 Å². The molecule has 0 aliphatic rings. The predicted octanol–water partition coefficient (Wildman–Crippen LogP) is 4.13. The number of hydrogen-bond acceptors (Lipinski definition) is 2. The molecule has 0 aliphatic carbocycles. The van der Waals surface area contributed by atoms with Crippen molar-refractivity contribution in [3.63, 3.8) is 0 Å². The normalized spacial score (nSPS) is 12.4. The van der Waals surface area contributed by atoms with E-state index in [1.165, 1.54) is 16.7 Å². The number of hydrogen-bond donors (Lipinski definition) is 1. The van der Waals surface area contributed by atoms with Gasteiger partial charge in [0, 0.05) is 17.4 Å². The minimum Gasteiger partial charge on any atom is -0.306 e. The zero-order valence-corrected chi connectivity index (χ0v) is 12.1. The molecule has 0 saturated heterocycles. The minimum atomic E-state index is 0.146. The number of pyridine rings is 1. The van der Waals surface area contributed by atoms with Crippen molar-refractivity contribution in [2.75, 3.05) is 6.54 Å². The summed E-state index contributed by atoms with van der Waals surface area (Å²) in [6.45, 7) is 5.24. The topological polar surface area (TPSA) is 24.9 Å². The summed E-state index contributed by atoms with van der Waals surface area (Å²) < 4.78 is 0. The molecule has 0 radical (unpaired) electrons. The van der Waals surface area contributed by atoms with Crippen molar-refractivity contribution in [2.24, 2.45) is 0 Å². The Morgan fingerprint density at radius 1 is 1.32 bits per heavy atom. The van der Waals surface area contributed by atoms with Crippen molar-refractivity contribution < 1.29 is 0 Å². The van der Waals surface area contributed by atoms with Crippen LogP contribution in [0.1, 0.15) is 36.1 Å². The van der Waals surface area contributed by atoms with Gasteiger partial charge in [-0.2, -0.15) is 0 Å². The molecule has 1 N–H and O–H groups in total. The number of benzene rings is 1. The quantitative estimate of drug-likeness (QED) is 0.887. The molecule has 0 fully saturated rings. The SMILES string of the molecule is CCCNC(c1cccc(Cl)c1)c1cnccc1C. The highest BCUT2D eigenvalue weighted by Gasteiger charge is 2.15. The Balaban J connectivity index is 2.38. The van der Waals surface area contributed by atoms with Crippen molar-refractivity contribution >= 4 is 11.6 Å². The zero-order chi connectivity index (χ0) is 13.7. The Morgan fingerprint density at radius 2 is 2.16 bits per heavy atom. The molecule has 3 heteroatoms. The lowest BCUT2D eigenvalue weighted by Crippen LogP contribution is -2.24. The molecule has 19 heavy (non-hydrogen) atoms. The van der Waals surface area contributed by atoms with Crippen LogP contribution in [0.25, 0.3) is 0 Å². The third kappa shape index (κ3) is 3.55. The number of aryl methyl sites for hydroxylation is 1. The molecule has 0 aliphatic heterocycles. The summed E-state index contributed by atoms with van der Waals surface area (Å²) in [5.74, 6) is 0. The smallest absolute Gasteiger partial charge is 0.0595 e. The van der Waals surface area contributed by atoms with Crippen molar-refractivity contribution in [2.45, 2.75) is 26.3 Å². The molecule has 1 heterocycles. The Morgan fingerprint density at radius 3 is 2.84 bits per heavy atom. The van der Waals surface area contributed by atoms with Gasteiger partial charge in [-0.15, -0.1) is 0 Å². The van der Waals surface area contributed by atoms with E-state index < -0.39 is 0 Å². The van der Waals surface area contributed by atoms with Crippen molar-refractivity contribution in [3.05, 3.63) is 64.4 Å². The van der Waals surface area contributed by atoms with Gasteiger partial charge in [-0.25, -0.2) is 0 Å². The molecule has 0 amide bonds. The van der Waals surface area contributed by atoms with Crippen molar-refractivity contribution in [1.29, 1.82) is 0 Å². The Kier molecular flexibility index (Phi) is 4.94. The second-order valence-corrected chi connectivity index (χ2v) is 5.11. The monoisotopic (exact) mass is 274 g/mol. The van der Waals surface area contributed by atoms with Crippen LogP contribution < -0.4 is 5.32 Å². The maximum Gasteiger partial charge on any atom is 0.0595 e. The molecular formula is C16H19ClN2. The third-order valence-electron chi connectivity index (χ3n) is 3.17. The molecular weight excluding hydrogens is 256 g/mol. The van der Waals surface area contributed by atoms with E-state index in [0.717, 1.165) is 18.0 Å². The number of nitrogens with one attached hydrogen (secondary N) is 1. The van der Waals surface area contributed by atoms with Gasteiger partial charge < -0.3 is 5.32 Å². The van der Waals surface area contributed by atoms with Gasteiger partial charge in [0.15, 0.2) is 0 Å². The molecule has 1 atom stereocenters.